The molecule has 136 valence electrons. The van der Waals surface area contributed by atoms with Gasteiger partial charge in [-0.3, -0.25) is 0 Å². The standard InChI is InChI=1S/C10H15.2C4H8O2.ClH.Ti/c1-7-6-10(4,5)9(3)8(7)2;2*1-2-3-4(5)6;;/h1-5H3;2*2-3H2,1H3,(H,5,6);1H;/q;;;;+3/p-3. The number of allylic oxidation sites excluding steroid dienone is 4. The molecule has 0 saturated carbocycles. The van der Waals surface area contributed by atoms with Crippen LogP contribution in [0, 0.1) is 5.41 Å². The Balaban J connectivity index is 0.00000529. The Kier molecular flexibility index (Phi) is 9.56. The molecule has 0 unspecified atom stereocenters. The Morgan fingerprint density at radius 3 is 1.62 bits per heavy atom. The number of hydrogen-bond acceptors (Lipinski definition) is 4. The van der Waals surface area contributed by atoms with E-state index in [0.717, 1.165) is 22.3 Å². The second-order valence-corrected chi connectivity index (χ2v) is 8.93. The van der Waals surface area contributed by atoms with Gasteiger partial charge in [-0.05, 0) is 0 Å². The van der Waals surface area contributed by atoms with E-state index in [-0.39, 0.29) is 29.8 Å². The quantitative estimate of drug-likeness (QED) is 0.620. The van der Waals surface area contributed by atoms with Gasteiger partial charge < -0.3 is 12.4 Å². The van der Waals surface area contributed by atoms with Crippen LogP contribution < -0.4 is 12.4 Å². The molecule has 0 aromatic carbocycles. The molecule has 1 aliphatic carbocycles. The van der Waals surface area contributed by atoms with Crippen molar-refractivity contribution in [1.82, 2.24) is 0 Å². The van der Waals surface area contributed by atoms with Crippen molar-refractivity contribution in [2.75, 3.05) is 0 Å². The summed E-state index contributed by atoms with van der Waals surface area (Å²) in [4.78, 5) is 24.0. The SMILES string of the molecule is CCCC(=O)[O][Ti+]([O]C(=O)CCC)[C]1=C(C)C(C)=C(C)C1(C)C.[Cl-]. The maximum Gasteiger partial charge on any atom is -1.00 e. The Labute approximate surface area is 159 Å². The summed E-state index contributed by atoms with van der Waals surface area (Å²) in [6, 6.07) is 0. The zero-order valence-electron chi connectivity index (χ0n) is 15.8. The third-order valence-corrected chi connectivity index (χ3v) is 8.08. The molecular formula is C18H29ClO4Ti. The van der Waals surface area contributed by atoms with Gasteiger partial charge in [0.25, 0.3) is 0 Å². The van der Waals surface area contributed by atoms with Crippen molar-refractivity contribution in [2.24, 2.45) is 5.41 Å². The molecule has 0 fully saturated rings. The summed E-state index contributed by atoms with van der Waals surface area (Å²) in [5.74, 6) is -0.518. The minimum Gasteiger partial charge on any atom is -1.00 e. The zero-order valence-corrected chi connectivity index (χ0v) is 18.2. The zero-order chi connectivity index (χ0) is 17.8. The molecule has 0 atom stereocenters. The van der Waals surface area contributed by atoms with Crippen molar-refractivity contribution < 1.29 is 47.3 Å². The summed E-state index contributed by atoms with van der Waals surface area (Å²) in [5, 5.41) is 0. The summed E-state index contributed by atoms with van der Waals surface area (Å²) in [7, 11) is 0. The number of halogens is 1. The molecule has 24 heavy (non-hydrogen) atoms. The van der Waals surface area contributed by atoms with Crippen LogP contribution in [0.15, 0.2) is 20.6 Å². The van der Waals surface area contributed by atoms with Crippen LogP contribution in [0.1, 0.15) is 74.1 Å². The fraction of sp³-hybridized carbons (Fsp3) is 0.667. The van der Waals surface area contributed by atoms with E-state index in [2.05, 4.69) is 27.7 Å². The van der Waals surface area contributed by atoms with Crippen LogP contribution in [-0.2, 0) is 34.9 Å². The normalized spacial score (nSPS) is 16.0. The summed E-state index contributed by atoms with van der Waals surface area (Å²) in [6.45, 7) is 14.3. The summed E-state index contributed by atoms with van der Waals surface area (Å²) < 4.78 is 12.4. The van der Waals surface area contributed by atoms with Crippen molar-refractivity contribution in [2.45, 2.75) is 74.1 Å². The van der Waals surface area contributed by atoms with Gasteiger partial charge in [-0.15, -0.1) is 0 Å². The van der Waals surface area contributed by atoms with Crippen molar-refractivity contribution >= 4 is 11.9 Å². The van der Waals surface area contributed by atoms with E-state index in [9.17, 15) is 9.59 Å². The van der Waals surface area contributed by atoms with Gasteiger partial charge in [-0.2, -0.15) is 0 Å². The molecule has 0 N–H and O–H groups in total. The molecular weight excluding hydrogens is 364 g/mol. The van der Waals surface area contributed by atoms with Gasteiger partial charge in [-0.1, -0.05) is 0 Å². The fourth-order valence-corrected chi connectivity index (χ4v) is 6.05. The van der Waals surface area contributed by atoms with Gasteiger partial charge in [0.1, 0.15) is 0 Å². The monoisotopic (exact) mass is 392 g/mol. The molecule has 6 heteroatoms. The first-order chi connectivity index (χ1) is 10.7. The van der Waals surface area contributed by atoms with Crippen LogP contribution in [0.25, 0.3) is 0 Å². The van der Waals surface area contributed by atoms with E-state index in [1.54, 1.807) is 0 Å². The van der Waals surface area contributed by atoms with Crippen molar-refractivity contribution in [1.29, 1.82) is 0 Å². The van der Waals surface area contributed by atoms with Crippen molar-refractivity contribution in [3.63, 3.8) is 0 Å². The van der Waals surface area contributed by atoms with Crippen molar-refractivity contribution in [3.05, 3.63) is 20.6 Å². The van der Waals surface area contributed by atoms with E-state index in [4.69, 9.17) is 6.64 Å². The first-order valence-electron chi connectivity index (χ1n) is 8.35. The smallest absolute Gasteiger partial charge is 1.00 e. The molecule has 0 saturated heterocycles. The number of carbonyl (C=O) groups excluding carboxylic acids is 2. The molecule has 0 aromatic rings. The third kappa shape index (κ3) is 5.21. The predicted octanol–water partition coefficient (Wildman–Crippen LogP) is 1.78. The van der Waals surface area contributed by atoms with Gasteiger partial charge in [0.15, 0.2) is 0 Å². The van der Waals surface area contributed by atoms with Crippen LogP contribution in [0.3, 0.4) is 0 Å². The van der Waals surface area contributed by atoms with E-state index in [1.807, 2.05) is 20.8 Å². The van der Waals surface area contributed by atoms with E-state index in [0.29, 0.717) is 12.8 Å². The van der Waals surface area contributed by atoms with Gasteiger partial charge in [0, 0.05) is 0 Å². The van der Waals surface area contributed by atoms with Gasteiger partial charge >= 0.3 is 147 Å². The van der Waals surface area contributed by atoms with Crippen LogP contribution in [0.2, 0.25) is 0 Å². The number of carbonyl (C=O) groups is 2. The number of hydrogen-bond donors (Lipinski definition) is 0. The minimum atomic E-state index is -2.92. The second kappa shape index (κ2) is 9.79. The summed E-state index contributed by atoms with van der Waals surface area (Å²) in [6.07, 6.45) is 2.18. The van der Waals surface area contributed by atoms with E-state index in [1.165, 1.54) is 11.1 Å². The minimum absolute atomic E-state index is 0. The second-order valence-electron chi connectivity index (χ2n) is 6.61. The molecule has 0 aliphatic heterocycles. The average Bonchev–Trinajstić information content (AvgIpc) is 2.59. The number of rotatable bonds is 7. The Morgan fingerprint density at radius 1 is 0.917 bits per heavy atom. The third-order valence-electron chi connectivity index (χ3n) is 4.59. The Bertz CT molecular complexity index is 529. The summed E-state index contributed by atoms with van der Waals surface area (Å²) in [5.41, 5.74) is 3.37. The van der Waals surface area contributed by atoms with E-state index < -0.39 is 18.6 Å². The maximum absolute atomic E-state index is 12.0. The summed E-state index contributed by atoms with van der Waals surface area (Å²) >= 11 is -2.92. The van der Waals surface area contributed by atoms with Crippen LogP contribution in [0.5, 0.6) is 0 Å². The van der Waals surface area contributed by atoms with Gasteiger partial charge in [0.05, 0.1) is 0 Å². The topological polar surface area (TPSA) is 52.6 Å². The molecule has 0 amide bonds. The molecule has 1 rings (SSSR count). The van der Waals surface area contributed by atoms with E-state index >= 15 is 0 Å². The predicted molar refractivity (Wildman–Crippen MR) is 86.9 cm³/mol. The van der Waals surface area contributed by atoms with Crippen LogP contribution in [-0.4, -0.2) is 11.9 Å². The molecule has 0 heterocycles. The fourth-order valence-electron chi connectivity index (χ4n) is 2.84. The van der Waals surface area contributed by atoms with Crippen molar-refractivity contribution in [3.8, 4) is 0 Å². The maximum atomic E-state index is 12.0. The van der Waals surface area contributed by atoms with Gasteiger partial charge in [-0.25, -0.2) is 0 Å². The van der Waals surface area contributed by atoms with Crippen LogP contribution >= 0.6 is 0 Å². The Morgan fingerprint density at radius 2 is 1.33 bits per heavy atom. The molecule has 4 nitrogen and oxygen atoms in total. The first kappa shape index (κ1) is 23.4. The first-order valence-corrected chi connectivity index (χ1v) is 10.4. The molecule has 0 aromatic heterocycles. The van der Waals surface area contributed by atoms with Gasteiger partial charge in [0.2, 0.25) is 0 Å². The van der Waals surface area contributed by atoms with Crippen LogP contribution in [0.4, 0.5) is 0 Å². The molecule has 1 aliphatic rings. The Hall–Kier alpha value is -0.576. The molecule has 0 spiro atoms. The average molecular weight is 393 g/mol. The molecule has 0 radical (unpaired) electrons. The molecule has 0 bridgehead atoms. The largest absolute Gasteiger partial charge is 1.00 e.